The molecule has 1 aliphatic heterocycles. The fraction of sp³-hybridized carbons (Fsp3) is 0.591. The topological polar surface area (TPSA) is 142 Å². The predicted molar refractivity (Wildman–Crippen MR) is 119 cm³/mol. The van der Waals surface area contributed by atoms with Crippen LogP contribution in [0.25, 0.3) is 0 Å². The van der Waals surface area contributed by atoms with E-state index in [4.69, 9.17) is 10.2 Å². The second kappa shape index (κ2) is 13.8. The third-order valence-electron chi connectivity index (χ3n) is 5.43. The first-order valence-corrected chi connectivity index (χ1v) is 11.0. The summed E-state index contributed by atoms with van der Waals surface area (Å²) in [6, 6.07) is 6.76. The molecule has 10 nitrogen and oxygen atoms in total. The lowest BCUT2D eigenvalue weighted by molar-refractivity contribution is -0.139. The summed E-state index contributed by atoms with van der Waals surface area (Å²) >= 11 is 0. The van der Waals surface area contributed by atoms with Crippen LogP contribution in [0.2, 0.25) is 0 Å². The second-order valence-corrected chi connectivity index (χ2v) is 8.18. The summed E-state index contributed by atoms with van der Waals surface area (Å²) in [5, 5.41) is 34.2. The van der Waals surface area contributed by atoms with Crippen molar-refractivity contribution in [3.63, 3.8) is 0 Å². The molecule has 1 aromatic carbocycles. The van der Waals surface area contributed by atoms with Gasteiger partial charge in [0, 0.05) is 32.7 Å². The van der Waals surface area contributed by atoms with Crippen molar-refractivity contribution in [2.45, 2.75) is 12.8 Å². The average molecular weight is 451 g/mol. The lowest BCUT2D eigenvalue weighted by Crippen LogP contribution is -2.44. The Labute approximate surface area is 188 Å². The molecule has 0 radical (unpaired) electrons. The Bertz CT molecular complexity index is 742. The van der Waals surface area contributed by atoms with Crippen molar-refractivity contribution >= 4 is 17.9 Å². The minimum absolute atomic E-state index is 0.00737. The van der Waals surface area contributed by atoms with Gasteiger partial charge in [0.05, 0.1) is 18.7 Å². The molecule has 1 aliphatic rings. The van der Waals surface area contributed by atoms with Gasteiger partial charge in [0.2, 0.25) is 0 Å². The van der Waals surface area contributed by atoms with Crippen LogP contribution in [0.5, 0.6) is 0 Å². The SMILES string of the molecule is O=C(O)CN1CCCNCCN(CC(=O)O)CC(Cc2ccc(C(=O)O)cc2)CNCC1. The number of hydrogen-bond donors (Lipinski definition) is 5. The molecule has 0 spiro atoms. The summed E-state index contributed by atoms with van der Waals surface area (Å²) in [7, 11) is 0. The van der Waals surface area contributed by atoms with Crippen LogP contribution in [-0.2, 0) is 16.0 Å². The number of nitrogens with zero attached hydrogens (tertiary/aromatic N) is 2. The molecule has 2 rings (SSSR count). The Hall–Kier alpha value is -2.53. The zero-order valence-electron chi connectivity index (χ0n) is 18.3. The van der Waals surface area contributed by atoms with E-state index in [9.17, 15) is 19.5 Å². The number of aromatic carboxylic acids is 1. The number of aliphatic carboxylic acids is 2. The third-order valence-corrected chi connectivity index (χ3v) is 5.43. The van der Waals surface area contributed by atoms with Gasteiger partial charge in [-0.1, -0.05) is 12.1 Å². The summed E-state index contributed by atoms with van der Waals surface area (Å²) in [5.41, 5.74) is 1.22. The highest BCUT2D eigenvalue weighted by Crippen LogP contribution is 2.12. The van der Waals surface area contributed by atoms with E-state index < -0.39 is 17.9 Å². The van der Waals surface area contributed by atoms with Crippen molar-refractivity contribution in [3.8, 4) is 0 Å². The standard InChI is InChI=1S/C22H34N4O6/c27-20(28)15-25-9-1-6-23-7-11-26(16-21(29)30)14-18(13-24-8-10-25)12-17-2-4-19(5-3-17)22(31)32/h2-5,18,23-24H,1,6-16H2,(H,27,28)(H,29,30)(H,31,32). The number of benzene rings is 1. The van der Waals surface area contributed by atoms with Gasteiger partial charge in [-0.2, -0.15) is 0 Å². The van der Waals surface area contributed by atoms with Gasteiger partial charge in [-0.3, -0.25) is 19.4 Å². The second-order valence-electron chi connectivity index (χ2n) is 8.18. The van der Waals surface area contributed by atoms with E-state index in [1.807, 2.05) is 9.80 Å². The molecule has 1 fully saturated rings. The summed E-state index contributed by atoms with van der Waals surface area (Å²) in [4.78, 5) is 37.4. The molecule has 0 saturated carbocycles. The van der Waals surface area contributed by atoms with E-state index in [1.54, 1.807) is 24.3 Å². The minimum Gasteiger partial charge on any atom is -0.480 e. The maximum atomic E-state index is 11.3. The van der Waals surface area contributed by atoms with Crippen molar-refractivity contribution in [3.05, 3.63) is 35.4 Å². The number of hydrogen-bond acceptors (Lipinski definition) is 7. The number of carboxylic acids is 3. The van der Waals surface area contributed by atoms with Crippen LogP contribution in [0.1, 0.15) is 22.3 Å². The predicted octanol–water partition coefficient (Wildman–Crippen LogP) is -0.100. The Balaban J connectivity index is 2.06. The van der Waals surface area contributed by atoms with Crippen LogP contribution >= 0.6 is 0 Å². The van der Waals surface area contributed by atoms with E-state index in [-0.39, 0.29) is 24.6 Å². The van der Waals surface area contributed by atoms with Crippen molar-refractivity contribution in [2.75, 3.05) is 65.4 Å². The van der Waals surface area contributed by atoms with Crippen molar-refractivity contribution in [1.29, 1.82) is 0 Å². The van der Waals surface area contributed by atoms with E-state index in [0.29, 0.717) is 52.2 Å². The average Bonchev–Trinajstić information content (AvgIpc) is 2.72. The molecule has 0 bridgehead atoms. The molecule has 0 aromatic heterocycles. The molecule has 1 aromatic rings. The number of rotatable bonds is 7. The molecule has 0 aliphatic carbocycles. The first-order valence-electron chi connectivity index (χ1n) is 11.0. The molecule has 1 unspecified atom stereocenters. The van der Waals surface area contributed by atoms with Gasteiger partial charge in [-0.15, -0.1) is 0 Å². The highest BCUT2D eigenvalue weighted by atomic mass is 16.4. The molecule has 0 amide bonds. The molecular formula is C22H34N4O6. The first kappa shape index (κ1) is 25.7. The van der Waals surface area contributed by atoms with E-state index >= 15 is 0 Å². The lowest BCUT2D eigenvalue weighted by Gasteiger charge is -2.28. The van der Waals surface area contributed by atoms with Gasteiger partial charge >= 0.3 is 17.9 Å². The first-order chi connectivity index (χ1) is 15.3. The molecular weight excluding hydrogens is 416 g/mol. The molecule has 5 N–H and O–H groups in total. The fourth-order valence-corrected chi connectivity index (χ4v) is 3.90. The van der Waals surface area contributed by atoms with E-state index in [1.165, 1.54) is 0 Å². The van der Waals surface area contributed by atoms with Crippen LogP contribution < -0.4 is 10.6 Å². The van der Waals surface area contributed by atoms with Crippen LogP contribution in [0, 0.1) is 5.92 Å². The molecule has 32 heavy (non-hydrogen) atoms. The van der Waals surface area contributed by atoms with Gasteiger partial charge < -0.3 is 26.0 Å². The summed E-state index contributed by atoms with van der Waals surface area (Å²) in [5.74, 6) is -2.57. The van der Waals surface area contributed by atoms with Crippen molar-refractivity contribution in [1.82, 2.24) is 20.4 Å². The molecule has 10 heteroatoms. The number of nitrogens with one attached hydrogen (secondary N) is 2. The largest absolute Gasteiger partial charge is 0.480 e. The van der Waals surface area contributed by atoms with Crippen molar-refractivity contribution < 1.29 is 29.7 Å². The number of carbonyl (C=O) groups is 3. The maximum Gasteiger partial charge on any atom is 0.335 e. The van der Waals surface area contributed by atoms with E-state index in [0.717, 1.165) is 18.5 Å². The van der Waals surface area contributed by atoms with Gasteiger partial charge in [0.1, 0.15) is 0 Å². The third kappa shape index (κ3) is 10.2. The Morgan fingerprint density at radius 1 is 0.844 bits per heavy atom. The number of carboxylic acid groups (broad SMARTS) is 3. The van der Waals surface area contributed by atoms with Crippen LogP contribution in [-0.4, -0.2) is 108 Å². The highest BCUT2D eigenvalue weighted by molar-refractivity contribution is 5.87. The van der Waals surface area contributed by atoms with Gasteiger partial charge in [0.15, 0.2) is 0 Å². The summed E-state index contributed by atoms with van der Waals surface area (Å²) in [6.45, 7) is 5.11. The molecule has 1 heterocycles. The smallest absolute Gasteiger partial charge is 0.335 e. The fourth-order valence-electron chi connectivity index (χ4n) is 3.90. The lowest BCUT2D eigenvalue weighted by atomic mass is 9.97. The summed E-state index contributed by atoms with van der Waals surface area (Å²) < 4.78 is 0. The van der Waals surface area contributed by atoms with E-state index in [2.05, 4.69) is 10.6 Å². The minimum atomic E-state index is -0.970. The Morgan fingerprint density at radius 2 is 1.47 bits per heavy atom. The Morgan fingerprint density at radius 3 is 2.12 bits per heavy atom. The van der Waals surface area contributed by atoms with Crippen LogP contribution in [0.15, 0.2) is 24.3 Å². The molecule has 1 atom stereocenters. The monoisotopic (exact) mass is 450 g/mol. The highest BCUT2D eigenvalue weighted by Gasteiger charge is 2.18. The Kier molecular flexibility index (Phi) is 11.1. The zero-order valence-corrected chi connectivity index (χ0v) is 18.3. The maximum absolute atomic E-state index is 11.3. The quantitative estimate of drug-likeness (QED) is 0.382. The zero-order chi connectivity index (χ0) is 23.3. The summed E-state index contributed by atoms with van der Waals surface area (Å²) in [6.07, 6.45) is 1.50. The molecule has 1 saturated heterocycles. The van der Waals surface area contributed by atoms with Crippen LogP contribution in [0.3, 0.4) is 0 Å². The van der Waals surface area contributed by atoms with Gasteiger partial charge in [-0.05, 0) is 56.1 Å². The van der Waals surface area contributed by atoms with Gasteiger partial charge in [-0.25, -0.2) is 4.79 Å². The molecule has 178 valence electrons. The van der Waals surface area contributed by atoms with Crippen molar-refractivity contribution in [2.24, 2.45) is 5.92 Å². The van der Waals surface area contributed by atoms with Crippen LogP contribution in [0.4, 0.5) is 0 Å². The normalized spacial score (nSPS) is 20.3. The van der Waals surface area contributed by atoms with Gasteiger partial charge in [0.25, 0.3) is 0 Å².